The molecule has 0 spiro atoms. The van der Waals surface area contributed by atoms with Crippen LogP contribution < -0.4 is 19.5 Å². The van der Waals surface area contributed by atoms with E-state index in [1.54, 1.807) is 38.1 Å². The molecule has 0 aliphatic heterocycles. The van der Waals surface area contributed by atoms with E-state index < -0.39 is 0 Å². The molecule has 10 nitrogen and oxygen atoms in total. The molecule has 2 heterocycles. The Balaban J connectivity index is 1.86. The van der Waals surface area contributed by atoms with Gasteiger partial charge in [0.05, 0.1) is 27.0 Å². The van der Waals surface area contributed by atoms with Crippen LogP contribution in [0.1, 0.15) is 11.4 Å². The molecule has 1 aromatic carbocycles. The number of aromatic nitrogens is 6. The first-order valence-corrected chi connectivity index (χ1v) is 7.73. The van der Waals surface area contributed by atoms with Gasteiger partial charge in [-0.25, -0.2) is 4.68 Å². The van der Waals surface area contributed by atoms with Crippen LogP contribution in [0.25, 0.3) is 5.95 Å². The molecule has 0 aliphatic carbocycles. The van der Waals surface area contributed by atoms with E-state index in [2.05, 4.69) is 30.8 Å². The Bertz CT molecular complexity index is 884. The molecule has 0 saturated carbocycles. The number of ether oxygens (including phenoxy) is 3. The zero-order valence-corrected chi connectivity index (χ0v) is 15.1. The number of aryl methyl sites for hydroxylation is 2. The van der Waals surface area contributed by atoms with Gasteiger partial charge in [0.2, 0.25) is 5.75 Å². The molecular weight excluding hydrogens is 338 g/mol. The first-order valence-electron chi connectivity index (χ1n) is 7.73. The van der Waals surface area contributed by atoms with Crippen LogP contribution in [0.15, 0.2) is 18.2 Å². The molecule has 1 N–H and O–H groups in total. The number of nitrogens with one attached hydrogen (secondary N) is 1. The maximum absolute atomic E-state index is 5.32. The fourth-order valence-electron chi connectivity index (χ4n) is 2.47. The van der Waals surface area contributed by atoms with Crippen molar-refractivity contribution in [3.05, 3.63) is 29.6 Å². The van der Waals surface area contributed by atoms with Crippen molar-refractivity contribution in [1.82, 2.24) is 30.2 Å². The molecule has 0 bridgehead atoms. The second-order valence-electron chi connectivity index (χ2n) is 5.40. The fourth-order valence-corrected chi connectivity index (χ4v) is 2.47. The third-order valence-electron chi connectivity index (χ3n) is 3.59. The van der Waals surface area contributed by atoms with Gasteiger partial charge in [-0.3, -0.25) is 0 Å². The van der Waals surface area contributed by atoms with Gasteiger partial charge in [-0.15, -0.1) is 20.4 Å². The van der Waals surface area contributed by atoms with Gasteiger partial charge in [-0.1, -0.05) is 0 Å². The molecule has 0 aliphatic rings. The van der Waals surface area contributed by atoms with Gasteiger partial charge in [0, 0.05) is 23.5 Å². The molecular formula is C16H19N7O3. The van der Waals surface area contributed by atoms with Crippen LogP contribution in [-0.4, -0.2) is 51.5 Å². The van der Waals surface area contributed by atoms with Crippen LogP contribution in [0.4, 0.5) is 11.6 Å². The monoisotopic (exact) mass is 357 g/mol. The maximum Gasteiger partial charge on any atom is 0.289 e. The van der Waals surface area contributed by atoms with Crippen molar-refractivity contribution < 1.29 is 14.2 Å². The smallest absolute Gasteiger partial charge is 0.289 e. The lowest BCUT2D eigenvalue weighted by molar-refractivity contribution is 0.324. The van der Waals surface area contributed by atoms with E-state index in [-0.39, 0.29) is 5.95 Å². The average molecular weight is 357 g/mol. The van der Waals surface area contributed by atoms with Crippen molar-refractivity contribution in [2.75, 3.05) is 26.6 Å². The van der Waals surface area contributed by atoms with Crippen molar-refractivity contribution in [3.63, 3.8) is 0 Å². The first kappa shape index (κ1) is 17.4. The Kier molecular flexibility index (Phi) is 4.83. The Morgan fingerprint density at radius 1 is 0.846 bits per heavy atom. The molecule has 26 heavy (non-hydrogen) atoms. The third-order valence-corrected chi connectivity index (χ3v) is 3.59. The Morgan fingerprint density at radius 2 is 1.46 bits per heavy atom. The quantitative estimate of drug-likeness (QED) is 0.706. The Hall–Kier alpha value is -3.43. The van der Waals surface area contributed by atoms with Crippen molar-refractivity contribution in [2.24, 2.45) is 0 Å². The summed E-state index contributed by atoms with van der Waals surface area (Å²) in [5.74, 6) is 2.04. The summed E-state index contributed by atoms with van der Waals surface area (Å²) >= 11 is 0. The van der Waals surface area contributed by atoms with Crippen LogP contribution in [-0.2, 0) is 0 Å². The number of anilines is 2. The normalized spacial score (nSPS) is 10.5. The highest BCUT2D eigenvalue weighted by Gasteiger charge is 2.14. The summed E-state index contributed by atoms with van der Waals surface area (Å²) in [5.41, 5.74) is 2.41. The van der Waals surface area contributed by atoms with Crippen LogP contribution in [0.5, 0.6) is 17.2 Å². The van der Waals surface area contributed by atoms with Gasteiger partial charge in [0.25, 0.3) is 11.9 Å². The van der Waals surface area contributed by atoms with E-state index in [0.717, 1.165) is 11.4 Å². The van der Waals surface area contributed by atoms with Gasteiger partial charge in [0.15, 0.2) is 11.5 Å². The predicted octanol–water partition coefficient (Wildman–Crippen LogP) is 1.84. The van der Waals surface area contributed by atoms with Crippen molar-refractivity contribution in [2.45, 2.75) is 13.8 Å². The second kappa shape index (κ2) is 7.21. The van der Waals surface area contributed by atoms with Crippen LogP contribution in [0.3, 0.4) is 0 Å². The largest absolute Gasteiger partial charge is 0.493 e. The van der Waals surface area contributed by atoms with Crippen molar-refractivity contribution in [3.8, 4) is 23.2 Å². The summed E-state index contributed by atoms with van der Waals surface area (Å²) in [5, 5.41) is 23.5. The van der Waals surface area contributed by atoms with Gasteiger partial charge < -0.3 is 19.5 Å². The average Bonchev–Trinajstić information content (AvgIpc) is 2.99. The van der Waals surface area contributed by atoms with E-state index in [0.29, 0.717) is 28.9 Å². The van der Waals surface area contributed by atoms with E-state index in [4.69, 9.17) is 14.2 Å². The Labute approximate surface area is 150 Å². The standard InChI is InChI=1S/C16H19N7O3/c1-9-6-10(2)23(22-9)16-20-18-15(19-21-16)17-11-7-12(24-3)14(26-5)13(8-11)25-4/h6-8H,1-5H3,(H,17,18,19). The topological polar surface area (TPSA) is 109 Å². The maximum atomic E-state index is 5.32. The van der Waals surface area contributed by atoms with E-state index in [9.17, 15) is 0 Å². The lowest BCUT2D eigenvalue weighted by Gasteiger charge is -2.14. The lowest BCUT2D eigenvalue weighted by atomic mass is 10.2. The van der Waals surface area contributed by atoms with E-state index in [1.165, 1.54) is 0 Å². The molecule has 3 rings (SSSR count). The fraction of sp³-hybridized carbons (Fsp3) is 0.312. The van der Waals surface area contributed by atoms with E-state index in [1.807, 2.05) is 19.9 Å². The molecule has 0 amide bonds. The molecule has 3 aromatic rings. The Morgan fingerprint density at radius 3 is 1.92 bits per heavy atom. The molecule has 0 radical (unpaired) electrons. The molecule has 0 fully saturated rings. The van der Waals surface area contributed by atoms with Crippen molar-refractivity contribution >= 4 is 11.6 Å². The zero-order chi connectivity index (χ0) is 18.7. The highest BCUT2D eigenvalue weighted by atomic mass is 16.5. The highest BCUT2D eigenvalue weighted by Crippen LogP contribution is 2.40. The summed E-state index contributed by atoms with van der Waals surface area (Å²) < 4.78 is 17.5. The summed E-state index contributed by atoms with van der Waals surface area (Å²) in [6, 6.07) is 5.39. The van der Waals surface area contributed by atoms with Crippen molar-refractivity contribution in [1.29, 1.82) is 0 Å². The van der Waals surface area contributed by atoms with Gasteiger partial charge in [-0.05, 0) is 19.9 Å². The number of nitrogens with zero attached hydrogens (tertiary/aromatic N) is 6. The molecule has 0 saturated heterocycles. The van der Waals surface area contributed by atoms with Crippen LogP contribution >= 0.6 is 0 Å². The number of benzene rings is 1. The lowest BCUT2D eigenvalue weighted by Crippen LogP contribution is -2.10. The van der Waals surface area contributed by atoms with Gasteiger partial charge in [-0.2, -0.15) is 5.10 Å². The minimum atomic E-state index is 0.226. The molecule has 136 valence electrons. The summed E-state index contributed by atoms with van der Waals surface area (Å²) in [6.45, 7) is 3.80. The van der Waals surface area contributed by atoms with Crippen LogP contribution in [0.2, 0.25) is 0 Å². The molecule has 0 atom stereocenters. The summed E-state index contributed by atoms with van der Waals surface area (Å²) in [7, 11) is 4.63. The number of rotatable bonds is 6. The van der Waals surface area contributed by atoms with Gasteiger partial charge >= 0.3 is 0 Å². The predicted molar refractivity (Wildman–Crippen MR) is 93.6 cm³/mol. The highest BCUT2D eigenvalue weighted by molar-refractivity contribution is 5.65. The second-order valence-corrected chi connectivity index (χ2v) is 5.40. The van der Waals surface area contributed by atoms with E-state index >= 15 is 0 Å². The minimum absolute atomic E-state index is 0.226. The molecule has 10 heteroatoms. The van der Waals surface area contributed by atoms with Crippen LogP contribution in [0, 0.1) is 13.8 Å². The SMILES string of the molecule is COc1cc(Nc2nnc(-n3nc(C)cc3C)nn2)cc(OC)c1OC. The first-order chi connectivity index (χ1) is 12.5. The summed E-state index contributed by atoms with van der Waals surface area (Å²) in [6.07, 6.45) is 0. The number of hydrogen-bond acceptors (Lipinski definition) is 9. The molecule has 0 unspecified atom stereocenters. The number of methoxy groups -OCH3 is 3. The van der Waals surface area contributed by atoms with Gasteiger partial charge in [0.1, 0.15) is 0 Å². The summed E-state index contributed by atoms with van der Waals surface area (Å²) in [4.78, 5) is 0. The zero-order valence-electron chi connectivity index (χ0n) is 15.1. The third kappa shape index (κ3) is 3.34. The minimum Gasteiger partial charge on any atom is -0.493 e. The number of hydrogen-bond donors (Lipinski definition) is 1. The molecule has 2 aromatic heterocycles.